The number of fused-ring (bicyclic) bond motifs is 1. The Balaban J connectivity index is 1.27. The number of amides is 2. The first-order valence-corrected chi connectivity index (χ1v) is 12.7. The molecular formula is C30H25ClN2O6. The van der Waals surface area contributed by atoms with E-state index in [2.05, 4.69) is 5.32 Å². The number of hydrogen-bond acceptors (Lipinski definition) is 6. The molecule has 0 aliphatic carbocycles. The van der Waals surface area contributed by atoms with Crippen LogP contribution in [0.25, 0.3) is 0 Å². The number of carbonyl (C=O) groups excluding carboxylic acids is 3. The van der Waals surface area contributed by atoms with Gasteiger partial charge in [-0.25, -0.2) is 0 Å². The molecule has 0 bridgehead atoms. The van der Waals surface area contributed by atoms with Gasteiger partial charge in [-0.1, -0.05) is 41.9 Å². The zero-order valence-corrected chi connectivity index (χ0v) is 21.8. The summed E-state index contributed by atoms with van der Waals surface area (Å²) >= 11 is 5.89. The van der Waals surface area contributed by atoms with Crippen LogP contribution in [0.4, 0.5) is 5.69 Å². The van der Waals surface area contributed by atoms with Crippen molar-refractivity contribution in [1.82, 2.24) is 5.32 Å². The van der Waals surface area contributed by atoms with Crippen molar-refractivity contribution in [1.29, 1.82) is 0 Å². The van der Waals surface area contributed by atoms with E-state index in [0.717, 1.165) is 5.56 Å². The Kier molecular flexibility index (Phi) is 7.65. The van der Waals surface area contributed by atoms with E-state index in [0.29, 0.717) is 33.5 Å². The van der Waals surface area contributed by atoms with Crippen LogP contribution in [0.15, 0.2) is 89.3 Å². The fourth-order valence-corrected chi connectivity index (χ4v) is 4.27. The highest BCUT2D eigenvalue weighted by Gasteiger charge is 2.28. The zero-order chi connectivity index (χ0) is 27.4. The zero-order valence-electron chi connectivity index (χ0n) is 21.1. The number of ketones is 1. The molecule has 0 spiro atoms. The van der Waals surface area contributed by atoms with E-state index in [1.165, 1.54) is 4.90 Å². The van der Waals surface area contributed by atoms with Crippen molar-refractivity contribution in [3.8, 4) is 11.5 Å². The molecule has 1 aliphatic rings. The lowest BCUT2D eigenvalue weighted by Crippen LogP contribution is -2.38. The third-order valence-electron chi connectivity index (χ3n) is 6.25. The quantitative estimate of drug-likeness (QED) is 0.275. The van der Waals surface area contributed by atoms with Gasteiger partial charge in [0.1, 0.15) is 17.3 Å². The lowest BCUT2D eigenvalue weighted by molar-refractivity contribution is -0.121. The molecule has 3 aromatic carbocycles. The molecule has 2 heterocycles. The van der Waals surface area contributed by atoms with Crippen LogP contribution in [-0.2, 0) is 11.3 Å². The number of ether oxygens (including phenoxy) is 2. The van der Waals surface area contributed by atoms with Crippen molar-refractivity contribution in [3.05, 3.63) is 113 Å². The van der Waals surface area contributed by atoms with Gasteiger partial charge in [-0.3, -0.25) is 19.3 Å². The number of carbonyl (C=O) groups is 3. The standard InChI is InChI=1S/C30H25ClN2O6/c1-19(20-5-3-2-4-6-20)32-30(36)28-14-12-24(39-28)16-33-25-15-21(7-13-27(25)38-18-29(33)35)26(34)17-37-23-10-8-22(31)9-11-23/h2-15,19H,16-18H2,1H3,(H,32,36)/t19-/m0/s1. The van der Waals surface area contributed by atoms with Crippen LogP contribution in [0.2, 0.25) is 5.02 Å². The van der Waals surface area contributed by atoms with Crippen molar-refractivity contribution in [2.45, 2.75) is 19.5 Å². The highest BCUT2D eigenvalue weighted by atomic mass is 35.5. The molecule has 0 unspecified atom stereocenters. The molecule has 8 nitrogen and oxygen atoms in total. The molecule has 2 amide bonds. The Morgan fingerprint density at radius 1 is 1.03 bits per heavy atom. The van der Waals surface area contributed by atoms with E-state index in [9.17, 15) is 14.4 Å². The van der Waals surface area contributed by atoms with E-state index in [1.807, 2.05) is 37.3 Å². The predicted octanol–water partition coefficient (Wildman–Crippen LogP) is 5.61. The normalized spacial score (nSPS) is 13.3. The topological polar surface area (TPSA) is 98.1 Å². The fraction of sp³-hybridized carbons (Fsp3) is 0.167. The highest BCUT2D eigenvalue weighted by Crippen LogP contribution is 2.34. The second-order valence-corrected chi connectivity index (χ2v) is 9.43. The van der Waals surface area contributed by atoms with Gasteiger partial charge < -0.3 is 19.2 Å². The summed E-state index contributed by atoms with van der Waals surface area (Å²) in [5.74, 6) is 0.598. The number of nitrogens with one attached hydrogen (secondary N) is 1. The molecule has 0 radical (unpaired) electrons. The van der Waals surface area contributed by atoms with Gasteiger partial charge in [-0.2, -0.15) is 0 Å². The molecule has 1 atom stereocenters. The van der Waals surface area contributed by atoms with Gasteiger partial charge in [0.15, 0.2) is 24.8 Å². The maximum atomic E-state index is 12.8. The number of hydrogen-bond donors (Lipinski definition) is 1. The summed E-state index contributed by atoms with van der Waals surface area (Å²) in [6, 6.07) is 24.2. The Labute approximate surface area is 230 Å². The average Bonchev–Trinajstić information content (AvgIpc) is 3.43. The van der Waals surface area contributed by atoms with Gasteiger partial charge in [-0.15, -0.1) is 0 Å². The molecule has 9 heteroatoms. The van der Waals surface area contributed by atoms with Crippen LogP contribution >= 0.6 is 11.6 Å². The fourth-order valence-electron chi connectivity index (χ4n) is 4.15. The largest absolute Gasteiger partial charge is 0.485 e. The number of rotatable bonds is 9. The molecule has 0 saturated carbocycles. The summed E-state index contributed by atoms with van der Waals surface area (Å²) in [6.07, 6.45) is 0. The second-order valence-electron chi connectivity index (χ2n) is 8.99. The molecular weight excluding hydrogens is 520 g/mol. The molecule has 1 N–H and O–H groups in total. The first kappa shape index (κ1) is 26.1. The smallest absolute Gasteiger partial charge is 0.287 e. The van der Waals surface area contributed by atoms with Crippen molar-refractivity contribution in [2.75, 3.05) is 18.1 Å². The Hall–Kier alpha value is -4.56. The second kappa shape index (κ2) is 11.4. The Bertz CT molecular complexity index is 1500. The van der Waals surface area contributed by atoms with E-state index < -0.39 is 0 Å². The van der Waals surface area contributed by atoms with Gasteiger partial charge in [0, 0.05) is 10.6 Å². The molecule has 198 valence electrons. The minimum atomic E-state index is -0.361. The lowest BCUT2D eigenvalue weighted by Gasteiger charge is -2.29. The van der Waals surface area contributed by atoms with Crippen molar-refractivity contribution < 1.29 is 28.3 Å². The summed E-state index contributed by atoms with van der Waals surface area (Å²) < 4.78 is 16.9. The van der Waals surface area contributed by atoms with Crippen molar-refractivity contribution in [3.63, 3.8) is 0 Å². The first-order chi connectivity index (χ1) is 18.9. The molecule has 5 rings (SSSR count). The van der Waals surface area contributed by atoms with Gasteiger partial charge in [0.05, 0.1) is 18.3 Å². The monoisotopic (exact) mass is 544 g/mol. The average molecular weight is 545 g/mol. The van der Waals surface area contributed by atoms with E-state index >= 15 is 0 Å². The van der Waals surface area contributed by atoms with E-state index in [-0.39, 0.29) is 49.2 Å². The molecule has 1 aliphatic heterocycles. The highest BCUT2D eigenvalue weighted by molar-refractivity contribution is 6.30. The molecule has 39 heavy (non-hydrogen) atoms. The summed E-state index contributed by atoms with van der Waals surface area (Å²) in [5, 5.41) is 3.48. The number of furan rings is 1. The predicted molar refractivity (Wildman–Crippen MR) is 145 cm³/mol. The van der Waals surface area contributed by atoms with Crippen LogP contribution in [0.3, 0.4) is 0 Å². The number of Topliss-reactive ketones (excluding diaryl/α,β-unsaturated/α-hetero) is 1. The molecule has 0 fully saturated rings. The van der Waals surface area contributed by atoms with Crippen LogP contribution in [0.5, 0.6) is 11.5 Å². The summed E-state index contributed by atoms with van der Waals surface area (Å²) in [7, 11) is 0. The third-order valence-corrected chi connectivity index (χ3v) is 6.51. The maximum absolute atomic E-state index is 12.8. The van der Waals surface area contributed by atoms with Gasteiger partial charge in [-0.05, 0) is 67.1 Å². The Morgan fingerprint density at radius 2 is 1.79 bits per heavy atom. The Morgan fingerprint density at radius 3 is 2.56 bits per heavy atom. The SMILES string of the molecule is C[C@H](NC(=O)c1ccc(CN2C(=O)COc3ccc(C(=O)COc4ccc(Cl)cc4)cc32)o1)c1ccccc1. The number of benzene rings is 3. The first-order valence-electron chi connectivity index (χ1n) is 12.3. The van der Waals surface area contributed by atoms with Gasteiger partial charge >= 0.3 is 0 Å². The van der Waals surface area contributed by atoms with E-state index in [1.54, 1.807) is 54.6 Å². The minimum absolute atomic E-state index is 0.0651. The number of halogens is 1. The number of nitrogens with zero attached hydrogens (tertiary/aromatic N) is 1. The third kappa shape index (κ3) is 6.13. The lowest BCUT2D eigenvalue weighted by atomic mass is 10.1. The summed E-state index contributed by atoms with van der Waals surface area (Å²) in [6.45, 7) is 1.62. The minimum Gasteiger partial charge on any atom is -0.485 e. The number of anilines is 1. The van der Waals surface area contributed by atoms with Crippen LogP contribution in [0, 0.1) is 0 Å². The van der Waals surface area contributed by atoms with Crippen LogP contribution < -0.4 is 19.7 Å². The van der Waals surface area contributed by atoms with E-state index in [4.69, 9.17) is 25.5 Å². The van der Waals surface area contributed by atoms with Crippen molar-refractivity contribution in [2.24, 2.45) is 0 Å². The summed E-state index contributed by atoms with van der Waals surface area (Å²) in [5.41, 5.74) is 1.76. The molecule has 0 saturated heterocycles. The van der Waals surface area contributed by atoms with Crippen LogP contribution in [-0.4, -0.2) is 30.8 Å². The molecule has 1 aromatic heterocycles. The maximum Gasteiger partial charge on any atom is 0.287 e. The molecule has 4 aromatic rings. The van der Waals surface area contributed by atoms with Crippen molar-refractivity contribution >= 4 is 34.9 Å². The van der Waals surface area contributed by atoms with Gasteiger partial charge in [0.25, 0.3) is 11.8 Å². The van der Waals surface area contributed by atoms with Crippen LogP contribution in [0.1, 0.15) is 45.2 Å². The summed E-state index contributed by atoms with van der Waals surface area (Å²) in [4.78, 5) is 39.8. The van der Waals surface area contributed by atoms with Gasteiger partial charge in [0.2, 0.25) is 0 Å².